The summed E-state index contributed by atoms with van der Waals surface area (Å²) in [6.07, 6.45) is 1.07. The van der Waals surface area contributed by atoms with Crippen LogP contribution in [0.25, 0.3) is 0 Å². The van der Waals surface area contributed by atoms with Crippen LogP contribution < -0.4 is 4.72 Å². The Bertz CT molecular complexity index is 957. The van der Waals surface area contributed by atoms with E-state index in [1.807, 2.05) is 0 Å². The van der Waals surface area contributed by atoms with Crippen molar-refractivity contribution in [3.63, 3.8) is 0 Å². The number of sulfonamides is 1. The van der Waals surface area contributed by atoms with E-state index >= 15 is 0 Å². The predicted molar refractivity (Wildman–Crippen MR) is 108 cm³/mol. The van der Waals surface area contributed by atoms with Crippen LogP contribution in [0.2, 0.25) is 0 Å². The molecule has 0 radical (unpaired) electrons. The number of carbonyl (C=O) groups is 3. The first-order valence-electron chi connectivity index (χ1n) is 9.77. The van der Waals surface area contributed by atoms with Gasteiger partial charge in [-0.3, -0.25) is 19.3 Å². The fourth-order valence-electron chi connectivity index (χ4n) is 3.70. The van der Waals surface area contributed by atoms with E-state index in [4.69, 9.17) is 0 Å². The van der Waals surface area contributed by atoms with Crippen molar-refractivity contribution < 1.29 is 22.8 Å². The summed E-state index contributed by atoms with van der Waals surface area (Å²) in [5.74, 6) is -0.931. The molecule has 3 rings (SSSR count). The number of nitrogens with one attached hydrogen (secondary N) is 1. The van der Waals surface area contributed by atoms with Gasteiger partial charge in [0.1, 0.15) is 0 Å². The number of likely N-dealkylation sites (tertiary alicyclic amines) is 1. The zero-order valence-corrected chi connectivity index (χ0v) is 18.0. The molecule has 2 aliphatic heterocycles. The lowest BCUT2D eigenvalue weighted by atomic mass is 10.0. The van der Waals surface area contributed by atoms with Crippen molar-refractivity contribution in [3.8, 4) is 0 Å². The Labute approximate surface area is 171 Å². The van der Waals surface area contributed by atoms with Crippen LogP contribution in [0.1, 0.15) is 71.6 Å². The standard InChI is InChI=1S/C20H27N3O5S/c1-5-29(27,28)21-14-8-10-22(11-9-14)17(24)13-6-7-15-16(12-13)19(26)23(18(15)25)20(2,3)4/h6-7,12,14,21H,5,8-11H2,1-4H3. The van der Waals surface area contributed by atoms with Gasteiger partial charge < -0.3 is 4.90 Å². The lowest BCUT2D eigenvalue weighted by Gasteiger charge is -2.32. The molecule has 0 atom stereocenters. The Kier molecular flexibility index (Phi) is 5.57. The minimum Gasteiger partial charge on any atom is -0.339 e. The quantitative estimate of drug-likeness (QED) is 0.744. The number of hydrogen-bond donors (Lipinski definition) is 1. The number of benzene rings is 1. The van der Waals surface area contributed by atoms with Crippen LogP contribution in [0.3, 0.4) is 0 Å². The van der Waals surface area contributed by atoms with E-state index in [1.165, 1.54) is 17.0 Å². The van der Waals surface area contributed by atoms with Crippen molar-refractivity contribution >= 4 is 27.7 Å². The summed E-state index contributed by atoms with van der Waals surface area (Å²) in [4.78, 5) is 41.1. The molecule has 8 nitrogen and oxygen atoms in total. The van der Waals surface area contributed by atoms with Gasteiger partial charge in [-0.15, -0.1) is 0 Å². The minimum atomic E-state index is -3.27. The number of fused-ring (bicyclic) bond motifs is 1. The highest BCUT2D eigenvalue weighted by Gasteiger charge is 2.42. The van der Waals surface area contributed by atoms with Crippen LogP contribution in [0, 0.1) is 0 Å². The normalized spacial score (nSPS) is 18.3. The third kappa shape index (κ3) is 4.20. The number of nitrogens with zero attached hydrogens (tertiary/aromatic N) is 2. The second kappa shape index (κ2) is 7.53. The molecule has 158 valence electrons. The second-order valence-electron chi connectivity index (χ2n) is 8.46. The maximum Gasteiger partial charge on any atom is 0.262 e. The molecule has 1 aromatic carbocycles. The average molecular weight is 422 g/mol. The van der Waals surface area contributed by atoms with Crippen LogP contribution >= 0.6 is 0 Å². The van der Waals surface area contributed by atoms with Gasteiger partial charge in [-0.2, -0.15) is 0 Å². The van der Waals surface area contributed by atoms with Crippen LogP contribution in [-0.4, -0.2) is 66.4 Å². The molecule has 29 heavy (non-hydrogen) atoms. The van der Waals surface area contributed by atoms with Crippen molar-refractivity contribution in [1.29, 1.82) is 0 Å². The topological polar surface area (TPSA) is 104 Å². The van der Waals surface area contributed by atoms with Gasteiger partial charge >= 0.3 is 0 Å². The SMILES string of the molecule is CCS(=O)(=O)NC1CCN(C(=O)c2ccc3c(c2)C(=O)N(C(C)(C)C)C3=O)CC1. The molecule has 1 aromatic rings. The summed E-state index contributed by atoms with van der Waals surface area (Å²) in [6, 6.07) is 4.43. The number of imide groups is 1. The van der Waals surface area contributed by atoms with E-state index in [0.717, 1.165) is 0 Å². The number of rotatable bonds is 4. The summed E-state index contributed by atoms with van der Waals surface area (Å²) in [5, 5.41) is 0. The third-order valence-corrected chi connectivity index (χ3v) is 6.77. The van der Waals surface area contributed by atoms with Crippen molar-refractivity contribution in [1.82, 2.24) is 14.5 Å². The Morgan fingerprint density at radius 3 is 2.24 bits per heavy atom. The first-order valence-corrected chi connectivity index (χ1v) is 11.4. The fourth-order valence-corrected chi connectivity index (χ4v) is 4.61. The smallest absolute Gasteiger partial charge is 0.262 e. The van der Waals surface area contributed by atoms with Crippen molar-refractivity contribution in [2.24, 2.45) is 0 Å². The number of hydrogen-bond acceptors (Lipinski definition) is 5. The second-order valence-corrected chi connectivity index (χ2v) is 10.5. The van der Waals surface area contributed by atoms with Gasteiger partial charge in [0, 0.05) is 30.2 Å². The molecule has 3 amide bonds. The van der Waals surface area contributed by atoms with E-state index in [9.17, 15) is 22.8 Å². The molecule has 2 heterocycles. The predicted octanol–water partition coefficient (Wildman–Crippen LogP) is 1.62. The molecule has 2 aliphatic rings. The highest BCUT2D eigenvalue weighted by atomic mass is 32.2. The number of piperidine rings is 1. The number of amides is 3. The third-order valence-electron chi connectivity index (χ3n) is 5.31. The largest absolute Gasteiger partial charge is 0.339 e. The van der Waals surface area contributed by atoms with Crippen LogP contribution in [0.4, 0.5) is 0 Å². The molecule has 1 saturated heterocycles. The van der Waals surface area contributed by atoms with E-state index in [-0.39, 0.29) is 35.1 Å². The first kappa shape index (κ1) is 21.4. The molecule has 1 fully saturated rings. The zero-order chi connectivity index (χ0) is 21.6. The van der Waals surface area contributed by atoms with Crippen molar-refractivity contribution in [2.45, 2.75) is 52.1 Å². The van der Waals surface area contributed by atoms with Crippen LogP contribution in [0.5, 0.6) is 0 Å². The summed E-state index contributed by atoms with van der Waals surface area (Å²) in [5.41, 5.74) is 0.272. The molecule has 9 heteroatoms. The van der Waals surface area contributed by atoms with Gasteiger partial charge in [0.2, 0.25) is 10.0 Å². The first-order chi connectivity index (χ1) is 13.4. The summed E-state index contributed by atoms with van der Waals surface area (Å²) < 4.78 is 26.1. The monoisotopic (exact) mass is 421 g/mol. The molecule has 0 saturated carbocycles. The van der Waals surface area contributed by atoms with Gasteiger partial charge in [0.05, 0.1) is 16.9 Å². The Hall–Kier alpha value is -2.26. The maximum absolute atomic E-state index is 12.9. The highest BCUT2D eigenvalue weighted by molar-refractivity contribution is 7.89. The van der Waals surface area contributed by atoms with Gasteiger partial charge in [0.15, 0.2) is 0 Å². The molecule has 0 aromatic heterocycles. The molecule has 0 unspecified atom stereocenters. The Morgan fingerprint density at radius 2 is 1.69 bits per heavy atom. The van der Waals surface area contributed by atoms with Gasteiger partial charge in [-0.1, -0.05) is 0 Å². The lowest BCUT2D eigenvalue weighted by molar-refractivity contribution is 0.0507. The molecular weight excluding hydrogens is 394 g/mol. The molecular formula is C20H27N3O5S. The summed E-state index contributed by atoms with van der Waals surface area (Å²) >= 11 is 0. The van der Waals surface area contributed by atoms with Gasteiger partial charge in [0.25, 0.3) is 17.7 Å². The summed E-state index contributed by atoms with van der Waals surface area (Å²) in [6.45, 7) is 7.80. The minimum absolute atomic E-state index is 0.0274. The van der Waals surface area contributed by atoms with E-state index in [1.54, 1.807) is 38.7 Å². The van der Waals surface area contributed by atoms with Crippen LogP contribution in [-0.2, 0) is 10.0 Å². The van der Waals surface area contributed by atoms with E-state index < -0.39 is 15.6 Å². The average Bonchev–Trinajstić information content (AvgIpc) is 2.91. The molecule has 0 spiro atoms. The van der Waals surface area contributed by atoms with Crippen LogP contribution in [0.15, 0.2) is 18.2 Å². The van der Waals surface area contributed by atoms with Gasteiger partial charge in [-0.05, 0) is 58.7 Å². The molecule has 0 bridgehead atoms. The van der Waals surface area contributed by atoms with Crippen molar-refractivity contribution in [2.75, 3.05) is 18.8 Å². The van der Waals surface area contributed by atoms with E-state index in [2.05, 4.69) is 4.72 Å². The molecule has 0 aliphatic carbocycles. The van der Waals surface area contributed by atoms with Gasteiger partial charge in [-0.25, -0.2) is 13.1 Å². The Morgan fingerprint density at radius 1 is 1.10 bits per heavy atom. The van der Waals surface area contributed by atoms with E-state index in [0.29, 0.717) is 37.1 Å². The lowest BCUT2D eigenvalue weighted by Crippen LogP contribution is -2.46. The molecule has 1 N–H and O–H groups in total. The number of carbonyl (C=O) groups excluding carboxylic acids is 3. The Balaban J connectivity index is 1.73. The zero-order valence-electron chi connectivity index (χ0n) is 17.2. The fraction of sp³-hybridized carbons (Fsp3) is 0.550. The maximum atomic E-state index is 12.9. The highest BCUT2D eigenvalue weighted by Crippen LogP contribution is 2.30. The summed E-state index contributed by atoms with van der Waals surface area (Å²) in [7, 11) is -3.27. The van der Waals surface area contributed by atoms with Crippen molar-refractivity contribution in [3.05, 3.63) is 34.9 Å².